The minimum absolute atomic E-state index is 0.154. The van der Waals surface area contributed by atoms with E-state index >= 15 is 0 Å². The van der Waals surface area contributed by atoms with Crippen LogP contribution in [0.3, 0.4) is 0 Å². The maximum Gasteiger partial charge on any atom is 0.450 e. The predicted molar refractivity (Wildman–Crippen MR) is 60.7 cm³/mol. The van der Waals surface area contributed by atoms with E-state index in [1.807, 2.05) is 0 Å². The van der Waals surface area contributed by atoms with Crippen LogP contribution in [0.25, 0.3) is 11.0 Å². The lowest BCUT2D eigenvalue weighted by Crippen LogP contribution is -2.26. The molecule has 0 spiro atoms. The second-order valence-electron chi connectivity index (χ2n) is 4.00. The van der Waals surface area contributed by atoms with Crippen LogP contribution in [0.1, 0.15) is 17.0 Å². The van der Waals surface area contributed by atoms with Gasteiger partial charge in [0.05, 0.1) is 17.5 Å². The Morgan fingerprint density at radius 3 is 2.47 bits per heavy atom. The topological polar surface area (TPSA) is 52.0 Å². The lowest BCUT2D eigenvalue weighted by atomic mass is 10.2. The van der Waals surface area contributed by atoms with Gasteiger partial charge in [0.15, 0.2) is 5.82 Å². The Labute approximate surface area is 105 Å². The minimum Gasteiger partial charge on any atom is -0.325 e. The molecule has 4 nitrogen and oxygen atoms in total. The molecule has 7 heteroatoms. The Kier molecular flexibility index (Phi) is 3.13. The first-order valence-corrected chi connectivity index (χ1v) is 5.35. The summed E-state index contributed by atoms with van der Waals surface area (Å²) in [7, 11) is 1.51. The van der Waals surface area contributed by atoms with E-state index in [-0.39, 0.29) is 5.82 Å². The van der Waals surface area contributed by atoms with E-state index in [1.165, 1.54) is 11.6 Å². The van der Waals surface area contributed by atoms with Gasteiger partial charge in [-0.05, 0) is 12.1 Å². The number of para-hydroxylation sites is 2. The van der Waals surface area contributed by atoms with Crippen LogP contribution in [0, 0.1) is 0 Å². The predicted octanol–water partition coefficient (Wildman–Crippen LogP) is 2.28. The molecule has 1 heterocycles. The van der Waals surface area contributed by atoms with Crippen LogP contribution in [-0.4, -0.2) is 27.3 Å². The summed E-state index contributed by atoms with van der Waals surface area (Å²) in [6, 6.07) is 6.74. The molecule has 100 valence electrons. The lowest BCUT2D eigenvalue weighted by molar-refractivity contribution is -0.170. The molecular weight excluding hydrogens is 261 g/mol. The van der Waals surface area contributed by atoms with Crippen LogP contribution in [0.4, 0.5) is 13.2 Å². The van der Waals surface area contributed by atoms with Gasteiger partial charge in [-0.1, -0.05) is 12.1 Å². The number of ketones is 2. The summed E-state index contributed by atoms with van der Waals surface area (Å²) in [5.41, 5.74) is 1.11. The van der Waals surface area contributed by atoms with E-state index in [0.29, 0.717) is 11.0 Å². The largest absolute Gasteiger partial charge is 0.450 e. The van der Waals surface area contributed by atoms with Crippen molar-refractivity contribution in [3.8, 4) is 0 Å². The number of imidazole rings is 1. The number of aromatic nitrogens is 2. The number of nitrogens with zero attached hydrogens (tertiary/aromatic N) is 2. The molecule has 0 N–H and O–H groups in total. The zero-order valence-corrected chi connectivity index (χ0v) is 9.86. The van der Waals surface area contributed by atoms with Crippen LogP contribution in [0.5, 0.6) is 0 Å². The summed E-state index contributed by atoms with van der Waals surface area (Å²) in [6.07, 6.45) is -6.22. The molecule has 0 bridgehead atoms. The molecule has 0 aliphatic carbocycles. The number of alkyl halides is 3. The van der Waals surface area contributed by atoms with Gasteiger partial charge >= 0.3 is 6.18 Å². The summed E-state index contributed by atoms with van der Waals surface area (Å²) in [5, 5.41) is 0. The Morgan fingerprint density at radius 1 is 1.26 bits per heavy atom. The number of carbonyl (C=O) groups is 2. The third-order valence-corrected chi connectivity index (χ3v) is 2.67. The number of carbonyl (C=O) groups excluding carboxylic acids is 2. The normalized spacial score (nSPS) is 11.8. The molecule has 2 rings (SSSR count). The lowest BCUT2D eigenvalue weighted by Gasteiger charge is -2.04. The number of halogens is 3. The number of hydrogen-bond acceptors (Lipinski definition) is 3. The molecule has 19 heavy (non-hydrogen) atoms. The summed E-state index contributed by atoms with van der Waals surface area (Å²) >= 11 is 0. The first-order valence-electron chi connectivity index (χ1n) is 5.35. The number of aryl methyl sites for hydroxylation is 1. The Bertz CT molecular complexity index is 659. The van der Waals surface area contributed by atoms with Crippen LogP contribution in [0.15, 0.2) is 24.3 Å². The monoisotopic (exact) mass is 270 g/mol. The van der Waals surface area contributed by atoms with Gasteiger partial charge in [0.1, 0.15) is 0 Å². The summed E-state index contributed by atoms with van der Waals surface area (Å²) in [4.78, 5) is 26.4. The summed E-state index contributed by atoms with van der Waals surface area (Å²) in [5.74, 6) is -3.16. The first kappa shape index (κ1) is 13.3. The molecule has 0 saturated carbocycles. The van der Waals surface area contributed by atoms with Crippen molar-refractivity contribution >= 4 is 22.6 Å². The highest BCUT2D eigenvalue weighted by Gasteiger charge is 2.39. The van der Waals surface area contributed by atoms with E-state index in [0.717, 1.165) is 0 Å². The first-order chi connectivity index (χ1) is 8.80. The van der Waals surface area contributed by atoms with Crippen molar-refractivity contribution in [2.75, 3.05) is 0 Å². The molecule has 0 saturated heterocycles. The fourth-order valence-corrected chi connectivity index (χ4v) is 1.72. The molecule has 0 radical (unpaired) electrons. The van der Waals surface area contributed by atoms with Crippen molar-refractivity contribution in [3.05, 3.63) is 30.1 Å². The Balaban J connectivity index is 2.32. The molecule has 2 aromatic rings. The van der Waals surface area contributed by atoms with E-state index in [2.05, 4.69) is 4.98 Å². The highest BCUT2D eigenvalue weighted by atomic mass is 19.4. The van der Waals surface area contributed by atoms with Crippen molar-refractivity contribution in [1.29, 1.82) is 0 Å². The van der Waals surface area contributed by atoms with E-state index in [9.17, 15) is 22.8 Å². The molecule has 1 aromatic heterocycles. The maximum atomic E-state index is 12.1. The van der Waals surface area contributed by atoms with Gasteiger partial charge in [0.25, 0.3) is 0 Å². The number of fused-ring (bicyclic) bond motifs is 1. The van der Waals surface area contributed by atoms with Crippen molar-refractivity contribution in [3.63, 3.8) is 0 Å². The maximum absolute atomic E-state index is 12.1. The zero-order chi connectivity index (χ0) is 14.2. The average molecular weight is 270 g/mol. The van der Waals surface area contributed by atoms with Gasteiger partial charge in [-0.3, -0.25) is 9.59 Å². The second-order valence-corrected chi connectivity index (χ2v) is 4.00. The standard InChI is InChI=1S/C12H9F3N2O2/c1-17-8-5-3-2-4-7(8)16-11(17)9(18)6-10(19)12(13,14)15/h2-5H,6H2,1H3. The fourth-order valence-electron chi connectivity index (χ4n) is 1.72. The van der Waals surface area contributed by atoms with E-state index in [1.54, 1.807) is 24.3 Å². The van der Waals surface area contributed by atoms with Crippen LogP contribution in [-0.2, 0) is 11.8 Å². The van der Waals surface area contributed by atoms with E-state index in [4.69, 9.17) is 0 Å². The molecule has 1 aromatic carbocycles. The van der Waals surface area contributed by atoms with Gasteiger partial charge in [-0.15, -0.1) is 0 Å². The fraction of sp³-hybridized carbons (Fsp3) is 0.250. The van der Waals surface area contributed by atoms with Gasteiger partial charge in [0, 0.05) is 7.05 Å². The van der Waals surface area contributed by atoms with Crippen LogP contribution >= 0.6 is 0 Å². The summed E-state index contributed by atoms with van der Waals surface area (Å²) in [6.45, 7) is 0. The zero-order valence-electron chi connectivity index (χ0n) is 9.86. The summed E-state index contributed by atoms with van der Waals surface area (Å²) < 4.78 is 37.7. The third kappa shape index (κ3) is 2.49. The molecule has 0 fully saturated rings. The second kappa shape index (κ2) is 4.49. The van der Waals surface area contributed by atoms with E-state index < -0.39 is 24.2 Å². The molecular formula is C12H9F3N2O2. The van der Waals surface area contributed by atoms with Gasteiger partial charge in [-0.2, -0.15) is 13.2 Å². The third-order valence-electron chi connectivity index (χ3n) is 2.67. The molecule has 0 aliphatic rings. The number of benzene rings is 1. The molecule has 0 unspecified atom stereocenters. The SMILES string of the molecule is Cn1c(C(=O)CC(=O)C(F)(F)F)nc2ccccc21. The average Bonchev–Trinajstić information content (AvgIpc) is 2.66. The van der Waals surface area contributed by atoms with Crippen molar-refractivity contribution in [2.45, 2.75) is 12.6 Å². The van der Waals surface area contributed by atoms with Crippen LogP contribution in [0.2, 0.25) is 0 Å². The number of hydrogen-bond donors (Lipinski definition) is 0. The molecule has 0 atom stereocenters. The van der Waals surface area contributed by atoms with Crippen molar-refractivity contribution < 1.29 is 22.8 Å². The Morgan fingerprint density at radius 2 is 1.89 bits per heavy atom. The quantitative estimate of drug-likeness (QED) is 0.635. The molecule has 0 amide bonds. The highest BCUT2D eigenvalue weighted by Crippen LogP contribution is 2.20. The smallest absolute Gasteiger partial charge is 0.325 e. The van der Waals surface area contributed by atoms with Crippen LogP contribution < -0.4 is 0 Å². The van der Waals surface area contributed by atoms with Gasteiger partial charge in [0.2, 0.25) is 11.6 Å². The van der Waals surface area contributed by atoms with Gasteiger partial charge < -0.3 is 4.57 Å². The highest BCUT2D eigenvalue weighted by molar-refractivity contribution is 6.08. The molecule has 0 aliphatic heterocycles. The number of Topliss-reactive ketones (excluding diaryl/α,β-unsaturated/α-hetero) is 2. The van der Waals surface area contributed by atoms with Crippen molar-refractivity contribution in [2.24, 2.45) is 7.05 Å². The van der Waals surface area contributed by atoms with Crippen molar-refractivity contribution in [1.82, 2.24) is 9.55 Å². The minimum atomic E-state index is -5.00. The Hall–Kier alpha value is -2.18. The van der Waals surface area contributed by atoms with Gasteiger partial charge in [-0.25, -0.2) is 4.98 Å². The number of rotatable bonds is 3.